The van der Waals surface area contributed by atoms with E-state index in [1.165, 1.54) is 31.4 Å². The Morgan fingerprint density at radius 3 is 2.40 bits per heavy atom. The Morgan fingerprint density at radius 1 is 1.03 bits per heavy atom. The van der Waals surface area contributed by atoms with Crippen molar-refractivity contribution in [2.45, 2.75) is 44.1 Å². The van der Waals surface area contributed by atoms with Crippen molar-refractivity contribution in [3.05, 3.63) is 59.9 Å². The van der Waals surface area contributed by atoms with Crippen LogP contribution in [0.2, 0.25) is 0 Å². The number of amides is 1. The van der Waals surface area contributed by atoms with E-state index in [0.717, 1.165) is 43.1 Å². The average Bonchev–Trinajstić information content (AvgIpc) is 3.06. The fraction of sp³-hybridized carbons (Fsp3) is 0.417. The first-order valence-corrected chi connectivity index (χ1v) is 10.8. The molecule has 2 heterocycles. The summed E-state index contributed by atoms with van der Waals surface area (Å²) in [6.45, 7) is 0. The molecule has 0 spiro atoms. The molecule has 6 heteroatoms. The van der Waals surface area contributed by atoms with Gasteiger partial charge in [-0.3, -0.25) is 4.79 Å². The summed E-state index contributed by atoms with van der Waals surface area (Å²) in [7, 11) is 0. The maximum atomic E-state index is 14.5. The number of pyridine rings is 1. The molecule has 2 aromatic heterocycles. The minimum absolute atomic E-state index is 0.107. The zero-order chi connectivity index (χ0) is 20.5. The van der Waals surface area contributed by atoms with Crippen LogP contribution in [0, 0.1) is 29.4 Å². The number of imidazole rings is 1. The van der Waals surface area contributed by atoms with Crippen LogP contribution >= 0.6 is 0 Å². The highest BCUT2D eigenvalue weighted by Gasteiger charge is 2.52. The number of halogens is 2. The van der Waals surface area contributed by atoms with E-state index in [2.05, 4.69) is 10.3 Å². The second-order valence-electron chi connectivity index (χ2n) is 9.58. The van der Waals surface area contributed by atoms with Crippen molar-refractivity contribution in [2.75, 3.05) is 0 Å². The molecule has 154 valence electrons. The number of H-pyrrole nitrogens is 1. The molecule has 4 aliphatic rings. The Balaban J connectivity index is 1.39. The Labute approximate surface area is 173 Å². The van der Waals surface area contributed by atoms with Gasteiger partial charge in [0.1, 0.15) is 17.2 Å². The van der Waals surface area contributed by atoms with Crippen LogP contribution < -0.4 is 9.72 Å². The van der Waals surface area contributed by atoms with Crippen LogP contribution in [0.5, 0.6) is 0 Å². The molecule has 1 amide bonds. The standard InChI is InChI=1S/C24H23F2N3O/c25-17-4-5-18(19(26)10-17)22-27-21(20-3-1-2-6-29(20)22)23(30)28-24-11-14-7-15(12-24)9-16(8-14)13-24/h1-6,10,14-16H,7-9,11-13H2,(H,28,30)/p+1. The maximum Gasteiger partial charge on any atom is 0.296 e. The van der Waals surface area contributed by atoms with E-state index in [1.807, 2.05) is 18.2 Å². The number of fused-ring (bicyclic) bond motifs is 1. The molecule has 0 radical (unpaired) electrons. The molecule has 0 atom stereocenters. The summed E-state index contributed by atoms with van der Waals surface area (Å²) in [5.74, 6) is 1.19. The van der Waals surface area contributed by atoms with Crippen LogP contribution in [-0.2, 0) is 0 Å². The van der Waals surface area contributed by atoms with Crippen LogP contribution in [0.1, 0.15) is 49.0 Å². The van der Waals surface area contributed by atoms with Gasteiger partial charge in [-0.05, 0) is 80.5 Å². The van der Waals surface area contributed by atoms with Crippen molar-refractivity contribution < 1.29 is 18.0 Å². The number of nitrogens with zero attached hydrogens (tertiary/aromatic N) is 1. The molecule has 4 saturated carbocycles. The van der Waals surface area contributed by atoms with Crippen LogP contribution in [0.15, 0.2) is 42.6 Å². The third-order valence-corrected chi connectivity index (χ3v) is 7.43. The van der Waals surface area contributed by atoms with E-state index in [1.54, 1.807) is 10.6 Å². The van der Waals surface area contributed by atoms with Gasteiger partial charge in [0.2, 0.25) is 5.69 Å². The highest BCUT2D eigenvalue weighted by atomic mass is 19.1. The highest BCUT2D eigenvalue weighted by molar-refractivity contribution is 5.99. The van der Waals surface area contributed by atoms with Gasteiger partial charge in [0.15, 0.2) is 5.52 Å². The summed E-state index contributed by atoms with van der Waals surface area (Å²) in [5, 5.41) is 3.38. The van der Waals surface area contributed by atoms with Crippen LogP contribution in [0.4, 0.5) is 8.78 Å². The quantitative estimate of drug-likeness (QED) is 0.620. The third-order valence-electron chi connectivity index (χ3n) is 7.43. The topological polar surface area (TPSA) is 49.0 Å². The molecular formula is C24H24F2N3O+. The monoisotopic (exact) mass is 408 g/mol. The minimum Gasteiger partial charge on any atom is -0.343 e. The summed E-state index contributed by atoms with van der Waals surface area (Å²) < 4.78 is 29.6. The molecule has 4 aliphatic carbocycles. The summed E-state index contributed by atoms with van der Waals surface area (Å²) >= 11 is 0. The zero-order valence-electron chi connectivity index (χ0n) is 16.6. The lowest BCUT2D eigenvalue weighted by Gasteiger charge is -2.56. The second-order valence-corrected chi connectivity index (χ2v) is 9.58. The van der Waals surface area contributed by atoms with E-state index in [-0.39, 0.29) is 17.0 Å². The van der Waals surface area contributed by atoms with E-state index < -0.39 is 11.6 Å². The first kappa shape index (κ1) is 18.0. The van der Waals surface area contributed by atoms with Crippen molar-refractivity contribution >= 4 is 11.4 Å². The number of aromatic nitrogens is 2. The van der Waals surface area contributed by atoms with Gasteiger partial charge in [-0.15, -0.1) is 0 Å². The molecule has 4 nitrogen and oxygen atoms in total. The van der Waals surface area contributed by atoms with Crippen LogP contribution in [0.25, 0.3) is 16.9 Å². The Kier molecular flexibility index (Phi) is 3.83. The summed E-state index contributed by atoms with van der Waals surface area (Å²) in [4.78, 5) is 16.6. The Morgan fingerprint density at radius 2 is 1.73 bits per heavy atom. The number of hydrogen-bond donors (Lipinski definition) is 2. The Hall–Kier alpha value is -2.76. The summed E-state index contributed by atoms with van der Waals surface area (Å²) in [6.07, 6.45) is 8.91. The van der Waals surface area contributed by atoms with Gasteiger partial charge in [0.05, 0.1) is 6.20 Å². The lowest BCUT2D eigenvalue weighted by Crippen LogP contribution is -2.59. The van der Waals surface area contributed by atoms with Gasteiger partial charge in [-0.1, -0.05) is 6.07 Å². The molecule has 4 bridgehead atoms. The van der Waals surface area contributed by atoms with Crippen molar-refractivity contribution in [3.63, 3.8) is 0 Å². The SMILES string of the molecule is O=C(NC12CC3CC(CC(C3)C1)C2)c1[nH]c(-c2ccc(F)cc2F)[n+]2ccccc12. The minimum atomic E-state index is -0.664. The number of benzene rings is 1. The van der Waals surface area contributed by atoms with Crippen molar-refractivity contribution in [3.8, 4) is 11.4 Å². The first-order valence-electron chi connectivity index (χ1n) is 10.8. The van der Waals surface area contributed by atoms with Gasteiger partial charge in [-0.25, -0.2) is 13.8 Å². The van der Waals surface area contributed by atoms with E-state index >= 15 is 0 Å². The molecule has 0 saturated heterocycles. The zero-order valence-corrected chi connectivity index (χ0v) is 16.6. The van der Waals surface area contributed by atoms with Crippen molar-refractivity contribution in [1.29, 1.82) is 0 Å². The van der Waals surface area contributed by atoms with E-state index in [0.29, 0.717) is 17.0 Å². The number of aromatic amines is 1. The second kappa shape index (κ2) is 6.37. The van der Waals surface area contributed by atoms with Crippen LogP contribution in [-0.4, -0.2) is 16.4 Å². The van der Waals surface area contributed by atoms with Gasteiger partial charge in [0, 0.05) is 11.6 Å². The fourth-order valence-electron chi connectivity index (χ4n) is 6.70. The fourth-order valence-corrected chi connectivity index (χ4v) is 6.70. The maximum absolute atomic E-state index is 14.5. The average molecular weight is 408 g/mol. The number of carbonyl (C=O) groups is 1. The Bertz CT molecular complexity index is 1130. The number of carbonyl (C=O) groups excluding carboxylic acids is 1. The van der Waals surface area contributed by atoms with E-state index in [4.69, 9.17) is 0 Å². The summed E-state index contributed by atoms with van der Waals surface area (Å²) in [5.41, 5.74) is 1.22. The first-order chi connectivity index (χ1) is 14.5. The largest absolute Gasteiger partial charge is 0.343 e. The molecule has 0 unspecified atom stereocenters. The molecule has 0 aliphatic heterocycles. The highest BCUT2D eigenvalue weighted by Crippen LogP contribution is 2.55. The third kappa shape index (κ3) is 2.76. The van der Waals surface area contributed by atoms with Crippen molar-refractivity contribution in [1.82, 2.24) is 10.3 Å². The number of hydrogen-bond acceptors (Lipinski definition) is 1. The molecule has 3 aromatic rings. The molecule has 2 N–H and O–H groups in total. The number of rotatable bonds is 3. The molecule has 4 fully saturated rings. The summed E-state index contributed by atoms with van der Waals surface area (Å²) in [6, 6.07) is 9.01. The number of nitrogens with one attached hydrogen (secondary N) is 2. The lowest BCUT2D eigenvalue weighted by atomic mass is 9.53. The van der Waals surface area contributed by atoms with Gasteiger partial charge in [-0.2, -0.15) is 4.40 Å². The van der Waals surface area contributed by atoms with E-state index in [9.17, 15) is 13.6 Å². The van der Waals surface area contributed by atoms with Gasteiger partial charge < -0.3 is 5.32 Å². The molecule has 30 heavy (non-hydrogen) atoms. The smallest absolute Gasteiger partial charge is 0.296 e. The normalized spacial score (nSPS) is 29.5. The predicted octanol–water partition coefficient (Wildman–Crippen LogP) is 4.40. The van der Waals surface area contributed by atoms with Gasteiger partial charge in [0.25, 0.3) is 11.7 Å². The molecule has 1 aromatic carbocycles. The van der Waals surface area contributed by atoms with Crippen molar-refractivity contribution in [2.24, 2.45) is 17.8 Å². The van der Waals surface area contributed by atoms with Crippen LogP contribution in [0.3, 0.4) is 0 Å². The van der Waals surface area contributed by atoms with Gasteiger partial charge >= 0.3 is 0 Å². The molecule has 7 rings (SSSR count). The predicted molar refractivity (Wildman–Crippen MR) is 108 cm³/mol. The molecular weight excluding hydrogens is 384 g/mol. The lowest BCUT2D eigenvalue weighted by molar-refractivity contribution is -0.498.